The standard InChI is InChI=1S/C10H4Cl10/c11-7(12)3-1-4(8(13)14)6(10(18,19)20)2-5(3)9(15,16)17/h1-2,7-8H. The van der Waals surface area contributed by atoms with Crippen molar-refractivity contribution >= 4 is 116 Å². The molecule has 1 aromatic carbocycles. The van der Waals surface area contributed by atoms with E-state index in [4.69, 9.17) is 116 Å². The van der Waals surface area contributed by atoms with Crippen molar-refractivity contribution in [3.63, 3.8) is 0 Å². The Bertz CT molecular complexity index is 441. The Morgan fingerprint density at radius 2 is 0.900 bits per heavy atom. The van der Waals surface area contributed by atoms with E-state index in [2.05, 4.69) is 0 Å². The molecule has 20 heavy (non-hydrogen) atoms. The predicted octanol–water partition coefficient (Wildman–Crippen LogP) is 8.29. The minimum Gasteiger partial charge on any atom is -0.100 e. The molecule has 0 bridgehead atoms. The van der Waals surface area contributed by atoms with Crippen molar-refractivity contribution in [3.8, 4) is 0 Å². The van der Waals surface area contributed by atoms with Gasteiger partial charge in [-0.25, -0.2) is 0 Å². The van der Waals surface area contributed by atoms with Crippen LogP contribution in [0.2, 0.25) is 0 Å². The number of hydrogen-bond donors (Lipinski definition) is 0. The number of rotatable bonds is 2. The highest BCUT2D eigenvalue weighted by Crippen LogP contribution is 2.50. The first-order valence-corrected chi connectivity index (χ1v) is 8.75. The van der Waals surface area contributed by atoms with Crippen molar-refractivity contribution < 1.29 is 0 Å². The Hall–Kier alpha value is 2.12. The smallest absolute Gasteiger partial charge is 0.100 e. The van der Waals surface area contributed by atoms with E-state index in [1.165, 1.54) is 12.1 Å². The first-order chi connectivity index (χ1) is 8.85. The molecular weight excluding hydrogens is 475 g/mol. The van der Waals surface area contributed by atoms with Crippen LogP contribution in [0.1, 0.15) is 31.9 Å². The van der Waals surface area contributed by atoms with Crippen molar-refractivity contribution in [1.29, 1.82) is 0 Å². The molecule has 1 aromatic rings. The summed E-state index contributed by atoms with van der Waals surface area (Å²) in [5, 5.41) is 0. The summed E-state index contributed by atoms with van der Waals surface area (Å²) in [5.74, 6) is 0. The van der Waals surface area contributed by atoms with E-state index < -0.39 is 17.3 Å². The van der Waals surface area contributed by atoms with E-state index >= 15 is 0 Å². The molecular formula is C10H4Cl10. The number of alkyl halides is 10. The lowest BCUT2D eigenvalue weighted by Gasteiger charge is -2.24. The summed E-state index contributed by atoms with van der Waals surface area (Å²) in [5.41, 5.74) is 0.980. The lowest BCUT2D eigenvalue weighted by Crippen LogP contribution is -2.13. The highest BCUT2D eigenvalue weighted by Gasteiger charge is 2.35. The Morgan fingerprint density at radius 1 is 0.600 bits per heavy atom. The molecule has 0 unspecified atom stereocenters. The summed E-state index contributed by atoms with van der Waals surface area (Å²) in [7, 11) is 0. The van der Waals surface area contributed by atoms with Gasteiger partial charge in [0.05, 0.1) is 0 Å². The van der Waals surface area contributed by atoms with Crippen LogP contribution in [-0.2, 0) is 7.59 Å². The molecule has 0 nitrogen and oxygen atoms in total. The molecule has 10 heteroatoms. The normalized spacial score (nSPS) is 13.4. The first kappa shape index (κ1) is 20.2. The van der Waals surface area contributed by atoms with Gasteiger partial charge in [-0.15, -0.1) is 46.4 Å². The third kappa shape index (κ3) is 5.06. The quantitative estimate of drug-likeness (QED) is 0.375. The highest BCUT2D eigenvalue weighted by molar-refractivity contribution is 6.68. The molecule has 0 aliphatic carbocycles. The van der Waals surface area contributed by atoms with Crippen LogP contribution in [0.15, 0.2) is 12.1 Å². The van der Waals surface area contributed by atoms with Gasteiger partial charge in [-0.3, -0.25) is 0 Å². The van der Waals surface area contributed by atoms with Crippen LogP contribution in [-0.4, -0.2) is 0 Å². The van der Waals surface area contributed by atoms with E-state index in [1.807, 2.05) is 0 Å². The van der Waals surface area contributed by atoms with Gasteiger partial charge in [-0.2, -0.15) is 0 Å². The fraction of sp³-hybridized carbons (Fsp3) is 0.400. The fourth-order valence-electron chi connectivity index (χ4n) is 1.49. The summed E-state index contributed by atoms with van der Waals surface area (Å²) in [6.45, 7) is 0. The zero-order valence-electron chi connectivity index (χ0n) is 9.09. The Labute approximate surface area is 166 Å². The highest BCUT2D eigenvalue weighted by atomic mass is 35.6. The average molecular weight is 479 g/mol. The zero-order valence-corrected chi connectivity index (χ0v) is 16.6. The van der Waals surface area contributed by atoms with Gasteiger partial charge in [0.15, 0.2) is 0 Å². The fourth-order valence-corrected chi connectivity index (χ4v) is 3.19. The maximum Gasteiger partial charge on any atom is 0.216 e. The number of hydrogen-bond acceptors (Lipinski definition) is 0. The molecule has 0 saturated heterocycles. The van der Waals surface area contributed by atoms with Crippen LogP contribution in [0.3, 0.4) is 0 Å². The summed E-state index contributed by atoms with van der Waals surface area (Å²) < 4.78 is -3.62. The van der Waals surface area contributed by atoms with Crippen molar-refractivity contribution in [2.24, 2.45) is 0 Å². The van der Waals surface area contributed by atoms with Crippen molar-refractivity contribution in [1.82, 2.24) is 0 Å². The van der Waals surface area contributed by atoms with E-state index in [1.54, 1.807) is 0 Å². The number of benzene rings is 1. The predicted molar refractivity (Wildman–Crippen MR) is 93.8 cm³/mol. The topological polar surface area (TPSA) is 0 Å². The Balaban J connectivity index is 3.70. The van der Waals surface area contributed by atoms with Gasteiger partial charge in [0.25, 0.3) is 0 Å². The third-order valence-electron chi connectivity index (χ3n) is 2.30. The Morgan fingerprint density at radius 3 is 1.10 bits per heavy atom. The second-order valence-corrected chi connectivity index (χ2v) is 10.4. The van der Waals surface area contributed by atoms with Crippen molar-refractivity contribution in [2.45, 2.75) is 17.3 Å². The average Bonchev–Trinajstić information content (AvgIpc) is 2.24. The maximum absolute atomic E-state index is 5.88. The summed E-state index contributed by atoms with van der Waals surface area (Å²) in [6, 6.07) is 2.81. The van der Waals surface area contributed by atoms with Gasteiger partial charge >= 0.3 is 0 Å². The SMILES string of the molecule is ClC(Cl)c1cc(C(Cl)Cl)c(C(Cl)(Cl)Cl)cc1C(Cl)(Cl)Cl. The molecule has 0 radical (unpaired) electrons. The molecule has 0 saturated carbocycles. The molecule has 0 aromatic heterocycles. The van der Waals surface area contributed by atoms with Gasteiger partial charge in [0.2, 0.25) is 7.59 Å². The minimum absolute atomic E-state index is 0.177. The van der Waals surface area contributed by atoms with E-state index in [0.717, 1.165) is 0 Å². The third-order valence-corrected chi connectivity index (χ3v) is 4.46. The van der Waals surface area contributed by atoms with Gasteiger partial charge < -0.3 is 0 Å². The maximum atomic E-state index is 5.88. The molecule has 0 heterocycles. The molecule has 0 aliphatic heterocycles. The van der Waals surface area contributed by atoms with E-state index in [0.29, 0.717) is 11.1 Å². The van der Waals surface area contributed by atoms with Crippen LogP contribution >= 0.6 is 116 Å². The van der Waals surface area contributed by atoms with Crippen LogP contribution < -0.4 is 0 Å². The van der Waals surface area contributed by atoms with Crippen molar-refractivity contribution in [2.75, 3.05) is 0 Å². The van der Waals surface area contributed by atoms with Crippen LogP contribution in [0, 0.1) is 0 Å². The van der Waals surface area contributed by atoms with Gasteiger partial charge in [0, 0.05) is 11.1 Å². The summed E-state index contributed by atoms with van der Waals surface area (Å²) in [6.07, 6.45) is 0. The lowest BCUT2D eigenvalue weighted by molar-refractivity contribution is 1.07. The van der Waals surface area contributed by atoms with Gasteiger partial charge in [-0.1, -0.05) is 69.6 Å². The first-order valence-electron chi connectivity index (χ1n) is 4.74. The molecule has 1 rings (SSSR count). The van der Waals surface area contributed by atoms with Gasteiger partial charge in [-0.05, 0) is 23.3 Å². The minimum atomic E-state index is -1.81. The van der Waals surface area contributed by atoms with Crippen LogP contribution in [0.5, 0.6) is 0 Å². The molecule has 114 valence electrons. The molecule has 0 fully saturated rings. The lowest BCUT2D eigenvalue weighted by atomic mass is 10.0. The second kappa shape index (κ2) is 7.34. The molecule has 0 aliphatic rings. The van der Waals surface area contributed by atoms with Crippen molar-refractivity contribution in [3.05, 3.63) is 34.4 Å². The molecule has 0 amide bonds. The second-order valence-electron chi connectivity index (χ2n) is 3.62. The zero-order chi connectivity index (χ0) is 15.9. The monoisotopic (exact) mass is 474 g/mol. The summed E-state index contributed by atoms with van der Waals surface area (Å²) >= 11 is 58.7. The molecule has 0 N–H and O–H groups in total. The summed E-state index contributed by atoms with van der Waals surface area (Å²) in [4.78, 5) is -1.95. The molecule has 0 atom stereocenters. The number of halogens is 10. The van der Waals surface area contributed by atoms with Crippen LogP contribution in [0.25, 0.3) is 0 Å². The Kier molecular flexibility index (Phi) is 7.40. The van der Waals surface area contributed by atoms with Gasteiger partial charge in [0.1, 0.15) is 9.67 Å². The molecule has 0 spiro atoms. The largest absolute Gasteiger partial charge is 0.216 e. The van der Waals surface area contributed by atoms with E-state index in [9.17, 15) is 0 Å². The van der Waals surface area contributed by atoms with E-state index in [-0.39, 0.29) is 11.1 Å². The van der Waals surface area contributed by atoms with Crippen LogP contribution in [0.4, 0.5) is 0 Å².